The highest BCUT2D eigenvalue weighted by Gasteiger charge is 2.39. The van der Waals surface area contributed by atoms with Crippen molar-refractivity contribution >= 4 is 29.4 Å². The SMILES string of the molecule is CC(C)c1cc(F)c(F)cc1NC(=O)NCc1ccc2c(c1)C(=O)N(C1CCC(=O)NC1=O)C2. The Bertz CT molecular complexity index is 1200. The van der Waals surface area contributed by atoms with Crippen LogP contribution in [0, 0.1) is 11.6 Å². The van der Waals surface area contributed by atoms with E-state index in [9.17, 15) is 28.0 Å². The van der Waals surface area contributed by atoms with Crippen LogP contribution in [0.1, 0.15) is 59.7 Å². The highest BCUT2D eigenvalue weighted by molar-refractivity contribution is 6.05. The third kappa shape index (κ3) is 4.61. The van der Waals surface area contributed by atoms with Crippen LogP contribution >= 0.6 is 0 Å². The summed E-state index contributed by atoms with van der Waals surface area (Å²) in [6.07, 6.45) is 0.457. The summed E-state index contributed by atoms with van der Waals surface area (Å²) in [5.41, 5.74) is 2.49. The van der Waals surface area contributed by atoms with E-state index in [0.29, 0.717) is 16.7 Å². The van der Waals surface area contributed by atoms with Gasteiger partial charge in [-0.1, -0.05) is 26.0 Å². The van der Waals surface area contributed by atoms with Gasteiger partial charge in [0.2, 0.25) is 11.8 Å². The fraction of sp³-hybridized carbons (Fsp3) is 0.333. The highest BCUT2D eigenvalue weighted by atomic mass is 19.2. The van der Waals surface area contributed by atoms with Gasteiger partial charge in [-0.15, -0.1) is 0 Å². The van der Waals surface area contributed by atoms with Gasteiger partial charge in [0.05, 0.1) is 0 Å². The third-order valence-electron chi connectivity index (χ3n) is 6.01. The lowest BCUT2D eigenvalue weighted by atomic mass is 10.0. The van der Waals surface area contributed by atoms with Crippen molar-refractivity contribution in [2.75, 3.05) is 5.32 Å². The monoisotopic (exact) mass is 470 g/mol. The molecule has 2 aromatic carbocycles. The van der Waals surface area contributed by atoms with Crippen LogP contribution in [0.5, 0.6) is 0 Å². The molecule has 1 unspecified atom stereocenters. The fourth-order valence-corrected chi connectivity index (χ4v) is 4.21. The van der Waals surface area contributed by atoms with Gasteiger partial charge in [-0.05, 0) is 41.2 Å². The van der Waals surface area contributed by atoms with Gasteiger partial charge < -0.3 is 15.5 Å². The summed E-state index contributed by atoms with van der Waals surface area (Å²) >= 11 is 0. The lowest BCUT2D eigenvalue weighted by Crippen LogP contribution is -2.52. The summed E-state index contributed by atoms with van der Waals surface area (Å²) in [6, 6.07) is 5.89. The first-order chi connectivity index (χ1) is 16.1. The van der Waals surface area contributed by atoms with Crippen molar-refractivity contribution in [1.82, 2.24) is 15.5 Å². The molecule has 0 aliphatic carbocycles. The zero-order valence-electron chi connectivity index (χ0n) is 18.7. The van der Waals surface area contributed by atoms with E-state index in [-0.39, 0.29) is 49.4 Å². The Balaban J connectivity index is 1.41. The van der Waals surface area contributed by atoms with Crippen LogP contribution in [-0.2, 0) is 22.7 Å². The number of nitrogens with one attached hydrogen (secondary N) is 3. The molecule has 4 rings (SSSR count). The number of nitrogens with zero attached hydrogens (tertiary/aromatic N) is 1. The predicted octanol–water partition coefficient (Wildman–Crippen LogP) is 3.17. The molecule has 2 aliphatic rings. The molecular weight excluding hydrogens is 446 g/mol. The zero-order chi connectivity index (χ0) is 24.6. The Morgan fingerprint density at radius 2 is 1.88 bits per heavy atom. The molecule has 5 amide bonds. The maximum atomic E-state index is 13.7. The molecule has 2 aromatic rings. The van der Waals surface area contributed by atoms with E-state index in [1.54, 1.807) is 32.0 Å². The Morgan fingerprint density at radius 3 is 2.59 bits per heavy atom. The lowest BCUT2D eigenvalue weighted by Gasteiger charge is -2.29. The third-order valence-corrected chi connectivity index (χ3v) is 6.01. The maximum Gasteiger partial charge on any atom is 0.319 e. The van der Waals surface area contributed by atoms with Crippen molar-refractivity contribution in [2.24, 2.45) is 0 Å². The van der Waals surface area contributed by atoms with Crippen molar-refractivity contribution < 1.29 is 28.0 Å². The second-order valence-electron chi connectivity index (χ2n) is 8.71. The number of hydrogen-bond donors (Lipinski definition) is 3. The molecule has 0 saturated carbocycles. The molecule has 1 saturated heterocycles. The van der Waals surface area contributed by atoms with Gasteiger partial charge in [0.25, 0.3) is 5.91 Å². The smallest absolute Gasteiger partial charge is 0.319 e. The quantitative estimate of drug-likeness (QED) is 0.584. The van der Waals surface area contributed by atoms with E-state index in [1.165, 1.54) is 4.90 Å². The number of anilines is 1. The van der Waals surface area contributed by atoms with E-state index in [0.717, 1.165) is 17.7 Å². The number of benzene rings is 2. The predicted molar refractivity (Wildman–Crippen MR) is 119 cm³/mol. The number of imide groups is 1. The standard InChI is InChI=1S/C24H24F2N4O4/c1-12(2)15-8-17(25)18(26)9-19(15)28-24(34)27-10-13-3-4-14-11-30(23(33)16(14)7-13)20-5-6-21(31)29-22(20)32/h3-4,7-9,12,20H,5-6,10-11H2,1-2H3,(H2,27,28,34)(H,29,31,32). The molecule has 34 heavy (non-hydrogen) atoms. The normalized spacial score (nSPS) is 17.6. The van der Waals surface area contributed by atoms with Crippen LogP contribution in [0.2, 0.25) is 0 Å². The van der Waals surface area contributed by atoms with Crippen molar-refractivity contribution in [3.05, 3.63) is 64.2 Å². The molecule has 178 valence electrons. The summed E-state index contributed by atoms with van der Waals surface area (Å²) in [7, 11) is 0. The maximum absolute atomic E-state index is 13.7. The molecule has 2 heterocycles. The number of halogens is 2. The molecule has 1 atom stereocenters. The van der Waals surface area contributed by atoms with Gasteiger partial charge in [-0.3, -0.25) is 19.7 Å². The number of piperidine rings is 1. The molecule has 10 heteroatoms. The Hall–Kier alpha value is -3.82. The number of hydrogen-bond acceptors (Lipinski definition) is 4. The minimum Gasteiger partial charge on any atom is -0.334 e. The Morgan fingerprint density at radius 1 is 1.15 bits per heavy atom. The van der Waals surface area contributed by atoms with Gasteiger partial charge in [-0.2, -0.15) is 0 Å². The highest BCUT2D eigenvalue weighted by Crippen LogP contribution is 2.29. The molecule has 2 aliphatic heterocycles. The summed E-state index contributed by atoms with van der Waals surface area (Å²) in [4.78, 5) is 50.3. The van der Waals surface area contributed by atoms with Gasteiger partial charge in [0.15, 0.2) is 11.6 Å². The average Bonchev–Trinajstić information content (AvgIpc) is 3.10. The number of carbonyl (C=O) groups is 4. The minimum atomic E-state index is -1.06. The summed E-state index contributed by atoms with van der Waals surface area (Å²) in [5.74, 6) is -3.31. The van der Waals surface area contributed by atoms with Crippen LogP contribution in [-0.4, -0.2) is 34.7 Å². The summed E-state index contributed by atoms with van der Waals surface area (Å²) in [5, 5.41) is 7.46. The molecule has 1 fully saturated rings. The van der Waals surface area contributed by atoms with E-state index >= 15 is 0 Å². The zero-order valence-corrected chi connectivity index (χ0v) is 18.7. The number of carbonyl (C=O) groups excluding carboxylic acids is 4. The van der Waals surface area contributed by atoms with Crippen molar-refractivity contribution in [2.45, 2.75) is 51.7 Å². The first-order valence-corrected chi connectivity index (χ1v) is 10.9. The van der Waals surface area contributed by atoms with Crippen molar-refractivity contribution in [1.29, 1.82) is 0 Å². The van der Waals surface area contributed by atoms with Gasteiger partial charge in [-0.25, -0.2) is 13.6 Å². The average molecular weight is 470 g/mol. The molecule has 0 spiro atoms. The minimum absolute atomic E-state index is 0.0888. The molecule has 0 radical (unpaired) electrons. The number of rotatable bonds is 5. The summed E-state index contributed by atoms with van der Waals surface area (Å²) in [6.45, 7) is 3.96. The van der Waals surface area contributed by atoms with E-state index in [4.69, 9.17) is 0 Å². The van der Waals surface area contributed by atoms with E-state index < -0.39 is 29.6 Å². The Kier molecular flexibility index (Phi) is 6.32. The van der Waals surface area contributed by atoms with E-state index in [2.05, 4.69) is 16.0 Å². The van der Waals surface area contributed by atoms with Crippen LogP contribution < -0.4 is 16.0 Å². The first kappa shape index (κ1) is 23.3. The summed E-state index contributed by atoms with van der Waals surface area (Å²) < 4.78 is 27.3. The largest absolute Gasteiger partial charge is 0.334 e. The molecular formula is C24H24F2N4O4. The molecule has 0 aromatic heterocycles. The number of urea groups is 1. The second-order valence-corrected chi connectivity index (χ2v) is 8.71. The van der Waals surface area contributed by atoms with Crippen LogP contribution in [0.3, 0.4) is 0 Å². The van der Waals surface area contributed by atoms with E-state index in [1.807, 2.05) is 0 Å². The Labute approximate surface area is 194 Å². The van der Waals surface area contributed by atoms with Crippen molar-refractivity contribution in [3.8, 4) is 0 Å². The van der Waals surface area contributed by atoms with Crippen LogP contribution in [0.15, 0.2) is 30.3 Å². The number of fused-ring (bicyclic) bond motifs is 1. The second kappa shape index (κ2) is 9.20. The molecule has 8 nitrogen and oxygen atoms in total. The van der Waals surface area contributed by atoms with Gasteiger partial charge >= 0.3 is 6.03 Å². The first-order valence-electron chi connectivity index (χ1n) is 10.9. The molecule has 3 N–H and O–H groups in total. The number of amides is 5. The fourth-order valence-electron chi connectivity index (χ4n) is 4.21. The van der Waals surface area contributed by atoms with Gasteiger partial charge in [0, 0.05) is 36.8 Å². The van der Waals surface area contributed by atoms with Crippen LogP contribution in [0.4, 0.5) is 19.3 Å². The molecule has 0 bridgehead atoms. The van der Waals surface area contributed by atoms with Crippen LogP contribution in [0.25, 0.3) is 0 Å². The van der Waals surface area contributed by atoms with Crippen molar-refractivity contribution in [3.63, 3.8) is 0 Å². The van der Waals surface area contributed by atoms with Gasteiger partial charge in [0.1, 0.15) is 6.04 Å². The topological polar surface area (TPSA) is 108 Å². The lowest BCUT2D eigenvalue weighted by molar-refractivity contribution is -0.136.